The van der Waals surface area contributed by atoms with Crippen molar-refractivity contribution in [2.24, 2.45) is 0 Å². The third-order valence-electron chi connectivity index (χ3n) is 2.16. The van der Waals surface area contributed by atoms with Crippen molar-refractivity contribution in [3.63, 3.8) is 0 Å². The lowest BCUT2D eigenvalue weighted by atomic mass is 9.93. The Labute approximate surface area is 80.9 Å². The van der Waals surface area contributed by atoms with Crippen molar-refractivity contribution in [1.29, 1.82) is 0 Å². The molecule has 0 aromatic heterocycles. The second-order valence-electron chi connectivity index (χ2n) is 2.85. The Morgan fingerprint density at radius 2 is 1.57 bits per heavy atom. The molecule has 0 aromatic rings. The van der Waals surface area contributed by atoms with E-state index in [2.05, 4.69) is 0 Å². The summed E-state index contributed by atoms with van der Waals surface area (Å²) in [7, 11) is 0. The van der Waals surface area contributed by atoms with Gasteiger partial charge in [-0.25, -0.2) is 9.59 Å². The Balaban J connectivity index is 4.76. The monoisotopic (exact) mass is 203 g/mol. The molecule has 0 aliphatic carbocycles. The summed E-state index contributed by atoms with van der Waals surface area (Å²) in [6.07, 6.45) is 0.274. The fourth-order valence-corrected chi connectivity index (χ4v) is 1.05. The van der Waals surface area contributed by atoms with E-state index in [-0.39, 0.29) is 12.8 Å². The fraction of sp³-hybridized carbons (Fsp3) is 0.625. The van der Waals surface area contributed by atoms with E-state index >= 15 is 0 Å². The molecule has 14 heavy (non-hydrogen) atoms. The molecule has 0 aliphatic heterocycles. The van der Waals surface area contributed by atoms with Crippen LogP contribution in [-0.4, -0.2) is 33.6 Å². The van der Waals surface area contributed by atoms with Gasteiger partial charge in [0.25, 0.3) is 0 Å². The van der Waals surface area contributed by atoms with Gasteiger partial charge in [-0.15, -0.1) is 0 Å². The molecule has 0 atom stereocenters. The number of carboxylic acids is 2. The van der Waals surface area contributed by atoms with E-state index in [1.54, 1.807) is 13.8 Å². The molecule has 6 nitrogen and oxygen atoms in total. The predicted molar refractivity (Wildman–Crippen MR) is 46.7 cm³/mol. The highest BCUT2D eigenvalue weighted by Gasteiger charge is 2.37. The molecule has 0 heterocycles. The fourth-order valence-electron chi connectivity index (χ4n) is 1.05. The lowest BCUT2D eigenvalue weighted by Crippen LogP contribution is -2.55. The summed E-state index contributed by atoms with van der Waals surface area (Å²) in [5.74, 6) is -4.20. The van der Waals surface area contributed by atoms with E-state index in [0.717, 1.165) is 0 Å². The average Bonchev–Trinajstić information content (AvgIpc) is 2.13. The molecule has 0 aromatic carbocycles. The molecular formula is C8H13NO5. The number of carbonyl (C=O) groups is 3. The maximum atomic E-state index is 10.8. The Morgan fingerprint density at radius 1 is 1.14 bits per heavy atom. The van der Waals surface area contributed by atoms with Gasteiger partial charge in [0, 0.05) is 0 Å². The Morgan fingerprint density at radius 3 is 1.79 bits per heavy atom. The van der Waals surface area contributed by atoms with Gasteiger partial charge in [-0.05, 0) is 12.8 Å². The van der Waals surface area contributed by atoms with Crippen molar-refractivity contribution in [2.75, 3.05) is 0 Å². The van der Waals surface area contributed by atoms with Gasteiger partial charge in [0.05, 0.1) is 0 Å². The number of carboxylic acid groups (broad SMARTS) is 2. The van der Waals surface area contributed by atoms with Crippen LogP contribution in [0.5, 0.6) is 0 Å². The van der Waals surface area contributed by atoms with Crippen molar-refractivity contribution >= 4 is 17.8 Å². The predicted octanol–water partition coefficient (Wildman–Crippen LogP) is -0.169. The van der Waals surface area contributed by atoms with Crippen LogP contribution in [0.4, 0.5) is 0 Å². The topological polar surface area (TPSA) is 104 Å². The molecule has 0 unspecified atom stereocenters. The molecule has 0 saturated heterocycles. The van der Waals surface area contributed by atoms with Gasteiger partial charge in [-0.2, -0.15) is 0 Å². The molecule has 1 amide bonds. The molecule has 0 spiro atoms. The van der Waals surface area contributed by atoms with Gasteiger partial charge in [-0.3, -0.25) is 4.79 Å². The highest BCUT2D eigenvalue weighted by Crippen LogP contribution is 2.15. The van der Waals surface area contributed by atoms with Crippen LogP contribution in [0.15, 0.2) is 0 Å². The van der Waals surface area contributed by atoms with E-state index in [1.165, 1.54) is 0 Å². The lowest BCUT2D eigenvalue weighted by molar-refractivity contribution is -0.155. The van der Waals surface area contributed by atoms with Crippen molar-refractivity contribution < 1.29 is 24.6 Å². The molecule has 0 saturated carbocycles. The van der Waals surface area contributed by atoms with Gasteiger partial charge >= 0.3 is 17.8 Å². The first-order valence-corrected chi connectivity index (χ1v) is 4.18. The van der Waals surface area contributed by atoms with Gasteiger partial charge in [0.1, 0.15) is 5.54 Å². The average molecular weight is 203 g/mol. The second-order valence-corrected chi connectivity index (χ2v) is 2.85. The normalized spacial score (nSPS) is 10.7. The van der Waals surface area contributed by atoms with Crippen LogP contribution in [0, 0.1) is 0 Å². The van der Waals surface area contributed by atoms with Gasteiger partial charge in [0.2, 0.25) is 0 Å². The summed E-state index contributed by atoms with van der Waals surface area (Å²) in [5.41, 5.74) is -1.48. The zero-order chi connectivity index (χ0) is 11.4. The van der Waals surface area contributed by atoms with Crippen molar-refractivity contribution in [3.8, 4) is 0 Å². The number of carbonyl (C=O) groups excluding carboxylic acids is 1. The zero-order valence-electron chi connectivity index (χ0n) is 8.03. The molecular weight excluding hydrogens is 190 g/mol. The number of hydrogen-bond donors (Lipinski definition) is 3. The molecule has 0 radical (unpaired) electrons. The summed E-state index contributed by atoms with van der Waals surface area (Å²) >= 11 is 0. The van der Waals surface area contributed by atoms with Gasteiger partial charge < -0.3 is 15.5 Å². The smallest absolute Gasteiger partial charge is 0.394 e. The van der Waals surface area contributed by atoms with Gasteiger partial charge in [0.15, 0.2) is 0 Å². The number of hydrogen-bond acceptors (Lipinski definition) is 3. The minimum absolute atomic E-state index is 0.137. The van der Waals surface area contributed by atoms with Crippen LogP contribution in [0.1, 0.15) is 26.7 Å². The summed E-state index contributed by atoms with van der Waals surface area (Å²) in [5, 5.41) is 19.2. The summed E-state index contributed by atoms with van der Waals surface area (Å²) in [6, 6.07) is 0. The molecule has 0 fully saturated rings. The Bertz CT molecular complexity index is 256. The lowest BCUT2D eigenvalue weighted by Gasteiger charge is -2.26. The number of aliphatic carboxylic acids is 2. The Hall–Kier alpha value is -1.59. The third kappa shape index (κ3) is 2.45. The van der Waals surface area contributed by atoms with Crippen molar-refractivity contribution in [3.05, 3.63) is 0 Å². The number of nitrogens with one attached hydrogen (secondary N) is 1. The molecule has 80 valence electrons. The van der Waals surface area contributed by atoms with E-state index in [4.69, 9.17) is 10.2 Å². The molecule has 3 N–H and O–H groups in total. The molecule has 0 rings (SSSR count). The van der Waals surface area contributed by atoms with Crippen LogP contribution >= 0.6 is 0 Å². The quantitative estimate of drug-likeness (QED) is 0.550. The summed E-state index contributed by atoms with van der Waals surface area (Å²) < 4.78 is 0. The number of amides is 1. The van der Waals surface area contributed by atoms with E-state index in [1.807, 2.05) is 5.32 Å². The maximum Gasteiger partial charge on any atom is 0.394 e. The minimum atomic E-state index is -1.68. The summed E-state index contributed by atoms with van der Waals surface area (Å²) in [6.45, 7) is 3.14. The van der Waals surface area contributed by atoms with E-state index < -0.39 is 23.4 Å². The first-order chi connectivity index (χ1) is 6.39. The molecule has 0 bridgehead atoms. The molecule has 0 aliphatic rings. The van der Waals surface area contributed by atoms with Crippen molar-refractivity contribution in [1.82, 2.24) is 5.32 Å². The standard InChI is InChI=1S/C8H13NO5/c1-3-8(4-2,7(13)14)9-5(10)6(11)12/h3-4H2,1-2H3,(H,9,10)(H,11,12)(H,13,14). The highest BCUT2D eigenvalue weighted by atomic mass is 16.4. The molecule has 6 heteroatoms. The zero-order valence-corrected chi connectivity index (χ0v) is 8.03. The third-order valence-corrected chi connectivity index (χ3v) is 2.16. The van der Waals surface area contributed by atoms with Gasteiger partial charge in [-0.1, -0.05) is 13.8 Å². The minimum Gasteiger partial charge on any atom is -0.480 e. The van der Waals surface area contributed by atoms with Crippen LogP contribution in [0.3, 0.4) is 0 Å². The van der Waals surface area contributed by atoms with Crippen LogP contribution in [0.25, 0.3) is 0 Å². The van der Waals surface area contributed by atoms with Crippen LogP contribution in [0.2, 0.25) is 0 Å². The van der Waals surface area contributed by atoms with Crippen LogP contribution < -0.4 is 5.32 Å². The second kappa shape index (κ2) is 4.59. The van der Waals surface area contributed by atoms with E-state index in [0.29, 0.717) is 0 Å². The van der Waals surface area contributed by atoms with Crippen molar-refractivity contribution in [2.45, 2.75) is 32.2 Å². The Kier molecular flexibility index (Phi) is 4.07. The largest absolute Gasteiger partial charge is 0.480 e. The maximum absolute atomic E-state index is 10.8. The number of rotatable bonds is 4. The van der Waals surface area contributed by atoms with E-state index in [9.17, 15) is 14.4 Å². The highest BCUT2D eigenvalue weighted by molar-refractivity contribution is 6.32. The SMILES string of the molecule is CCC(CC)(NC(=O)C(=O)O)C(=O)O. The first kappa shape index (κ1) is 12.4. The van der Waals surface area contributed by atoms with Crippen LogP contribution in [-0.2, 0) is 14.4 Å². The summed E-state index contributed by atoms with van der Waals surface area (Å²) in [4.78, 5) is 31.9. The first-order valence-electron chi connectivity index (χ1n) is 4.18.